The molecule has 0 fully saturated rings. The zero-order chi connectivity index (χ0) is 27.7. The number of halogens is 3. The van der Waals surface area contributed by atoms with Gasteiger partial charge in [-0.3, -0.25) is 0 Å². The molecule has 0 spiro atoms. The first-order valence-corrected chi connectivity index (χ1v) is 15.2. The Labute approximate surface area is 232 Å². The first-order chi connectivity index (χ1) is 18.3. The highest BCUT2D eigenvalue weighted by Gasteiger charge is 2.36. The molecule has 0 aromatic heterocycles. The van der Waals surface area contributed by atoms with Crippen LogP contribution in [0.5, 0.6) is 5.75 Å². The second-order valence-corrected chi connectivity index (χ2v) is 11.3. The lowest BCUT2D eigenvalue weighted by Gasteiger charge is -2.37. The second-order valence-electron chi connectivity index (χ2n) is 9.46. The van der Waals surface area contributed by atoms with Gasteiger partial charge in [0.25, 0.3) is 0 Å². The molecule has 0 amide bonds. The standard InChI is InChI=1S/C29H36F3NO3S2/c1-5-8-12-29(13-9-6-2)18-33(20-10-11-21(30)22(31)14-20)24-15-27(37-4)25(16-26(24)38-19-29)36-17-23(32)28(34)35-7-3/h10-11,14-17H,5-9,12-13,18-19H2,1-4H3/b23-17-. The van der Waals surface area contributed by atoms with E-state index in [2.05, 4.69) is 23.5 Å². The Bertz CT molecular complexity index is 1130. The van der Waals surface area contributed by atoms with Crippen molar-refractivity contribution in [2.75, 3.05) is 30.1 Å². The number of thioether (sulfide) groups is 2. The fourth-order valence-electron chi connectivity index (χ4n) is 4.58. The molecule has 0 N–H and O–H groups in total. The van der Waals surface area contributed by atoms with Gasteiger partial charge in [0.1, 0.15) is 12.0 Å². The number of nitrogens with zero attached hydrogens (tertiary/aromatic N) is 1. The number of anilines is 2. The van der Waals surface area contributed by atoms with Crippen molar-refractivity contribution in [2.45, 2.75) is 69.1 Å². The Hall–Kier alpha value is -2.26. The number of carbonyl (C=O) groups excluding carboxylic acids is 1. The summed E-state index contributed by atoms with van der Waals surface area (Å²) < 4.78 is 52.8. The van der Waals surface area contributed by atoms with Crippen molar-refractivity contribution in [1.29, 1.82) is 0 Å². The third-order valence-electron chi connectivity index (χ3n) is 6.66. The summed E-state index contributed by atoms with van der Waals surface area (Å²) in [6, 6.07) is 7.81. The van der Waals surface area contributed by atoms with Crippen molar-refractivity contribution in [1.82, 2.24) is 0 Å². The predicted octanol–water partition coefficient (Wildman–Crippen LogP) is 9.05. The zero-order valence-electron chi connectivity index (χ0n) is 22.5. The Morgan fingerprint density at radius 1 is 1.11 bits per heavy atom. The van der Waals surface area contributed by atoms with Crippen LogP contribution in [0.3, 0.4) is 0 Å². The molecule has 1 heterocycles. The van der Waals surface area contributed by atoms with Crippen LogP contribution < -0.4 is 9.64 Å². The summed E-state index contributed by atoms with van der Waals surface area (Å²) in [4.78, 5) is 15.4. The van der Waals surface area contributed by atoms with E-state index in [-0.39, 0.29) is 12.0 Å². The van der Waals surface area contributed by atoms with E-state index in [0.717, 1.165) is 72.1 Å². The van der Waals surface area contributed by atoms with Gasteiger partial charge in [-0.1, -0.05) is 39.5 Å². The molecule has 0 unspecified atom stereocenters. The van der Waals surface area contributed by atoms with Crippen LogP contribution in [0.1, 0.15) is 59.3 Å². The molecule has 0 saturated heterocycles. The topological polar surface area (TPSA) is 38.8 Å². The molecule has 208 valence electrons. The van der Waals surface area contributed by atoms with Crippen molar-refractivity contribution in [3.8, 4) is 5.75 Å². The van der Waals surface area contributed by atoms with E-state index >= 15 is 0 Å². The number of hydrogen-bond donors (Lipinski definition) is 0. The van der Waals surface area contributed by atoms with Crippen LogP contribution in [0.2, 0.25) is 0 Å². The third-order valence-corrected chi connectivity index (χ3v) is 8.81. The molecule has 0 aliphatic carbocycles. The molecule has 0 bridgehead atoms. The zero-order valence-corrected chi connectivity index (χ0v) is 24.1. The average molecular weight is 568 g/mol. The fourth-order valence-corrected chi connectivity index (χ4v) is 6.47. The molecule has 0 radical (unpaired) electrons. The lowest BCUT2D eigenvalue weighted by molar-refractivity contribution is -0.140. The molecule has 3 rings (SSSR count). The van der Waals surface area contributed by atoms with Gasteiger partial charge in [-0.2, -0.15) is 4.39 Å². The van der Waals surface area contributed by atoms with E-state index in [1.807, 2.05) is 18.4 Å². The first-order valence-electron chi connectivity index (χ1n) is 13.0. The van der Waals surface area contributed by atoms with E-state index in [1.165, 1.54) is 17.8 Å². The lowest BCUT2D eigenvalue weighted by Crippen LogP contribution is -2.36. The van der Waals surface area contributed by atoms with E-state index in [1.54, 1.807) is 24.8 Å². The van der Waals surface area contributed by atoms with Crippen LogP contribution in [0.25, 0.3) is 0 Å². The molecular formula is C29H36F3NO3S2. The van der Waals surface area contributed by atoms with Crippen LogP contribution in [-0.2, 0) is 9.53 Å². The van der Waals surface area contributed by atoms with Gasteiger partial charge in [0.05, 0.1) is 17.2 Å². The second kappa shape index (κ2) is 14.2. The molecule has 0 atom stereocenters. The monoisotopic (exact) mass is 567 g/mol. The van der Waals surface area contributed by atoms with Crippen LogP contribution in [-0.4, -0.2) is 31.1 Å². The van der Waals surface area contributed by atoms with Gasteiger partial charge in [-0.15, -0.1) is 23.5 Å². The maximum absolute atomic E-state index is 14.4. The number of esters is 1. The Morgan fingerprint density at radius 3 is 2.42 bits per heavy atom. The van der Waals surface area contributed by atoms with Gasteiger partial charge in [0.2, 0.25) is 5.83 Å². The van der Waals surface area contributed by atoms with E-state index in [4.69, 9.17) is 4.74 Å². The summed E-state index contributed by atoms with van der Waals surface area (Å²) in [5.74, 6) is -2.72. The summed E-state index contributed by atoms with van der Waals surface area (Å²) in [5.41, 5.74) is 1.42. The first kappa shape index (κ1) is 30.3. The molecular weight excluding hydrogens is 531 g/mol. The van der Waals surface area contributed by atoms with E-state index < -0.39 is 23.4 Å². The van der Waals surface area contributed by atoms with E-state index in [9.17, 15) is 18.0 Å². The number of benzene rings is 2. The van der Waals surface area contributed by atoms with Crippen molar-refractivity contribution in [3.05, 3.63) is 54.1 Å². The third kappa shape index (κ3) is 7.44. The van der Waals surface area contributed by atoms with Gasteiger partial charge < -0.3 is 14.4 Å². The molecule has 0 saturated carbocycles. The van der Waals surface area contributed by atoms with Crippen LogP contribution in [0.4, 0.5) is 24.5 Å². The van der Waals surface area contributed by atoms with Gasteiger partial charge in [-0.05, 0) is 55.7 Å². The van der Waals surface area contributed by atoms with Gasteiger partial charge >= 0.3 is 5.97 Å². The molecule has 1 aliphatic rings. The Balaban J connectivity index is 2.10. The predicted molar refractivity (Wildman–Crippen MR) is 150 cm³/mol. The van der Waals surface area contributed by atoms with Crippen molar-refractivity contribution >= 4 is 40.9 Å². The van der Waals surface area contributed by atoms with Crippen LogP contribution in [0.15, 0.2) is 52.2 Å². The van der Waals surface area contributed by atoms with Gasteiger partial charge in [0, 0.05) is 28.9 Å². The molecule has 2 aromatic rings. The normalized spacial score (nSPS) is 15.1. The summed E-state index contributed by atoms with van der Waals surface area (Å²) in [7, 11) is 0. The minimum atomic E-state index is -1.12. The molecule has 1 aliphatic heterocycles. The van der Waals surface area contributed by atoms with Gasteiger partial charge in [-0.25, -0.2) is 13.6 Å². The Morgan fingerprint density at radius 2 is 1.82 bits per heavy atom. The van der Waals surface area contributed by atoms with Gasteiger partial charge in [0.15, 0.2) is 11.6 Å². The maximum Gasteiger partial charge on any atom is 0.370 e. The summed E-state index contributed by atoms with van der Waals surface area (Å²) in [6.45, 7) is 6.68. The number of carbonyl (C=O) groups is 1. The van der Waals surface area contributed by atoms with E-state index in [0.29, 0.717) is 18.0 Å². The van der Waals surface area contributed by atoms with Crippen molar-refractivity contribution in [3.63, 3.8) is 0 Å². The van der Waals surface area contributed by atoms with Crippen molar-refractivity contribution < 1.29 is 27.4 Å². The quantitative estimate of drug-likeness (QED) is 0.110. The number of rotatable bonds is 12. The lowest BCUT2D eigenvalue weighted by atomic mass is 9.79. The summed E-state index contributed by atoms with van der Waals surface area (Å²) in [6.07, 6.45) is 8.99. The number of fused-ring (bicyclic) bond motifs is 1. The minimum absolute atomic E-state index is 0.0307. The smallest absolute Gasteiger partial charge is 0.370 e. The maximum atomic E-state index is 14.4. The Kier molecular flexibility index (Phi) is 11.3. The highest BCUT2D eigenvalue weighted by atomic mass is 32.2. The molecule has 4 nitrogen and oxygen atoms in total. The number of unbranched alkanes of at least 4 members (excludes halogenated alkanes) is 2. The van der Waals surface area contributed by atoms with Crippen molar-refractivity contribution in [2.24, 2.45) is 5.41 Å². The number of hydrogen-bond acceptors (Lipinski definition) is 6. The minimum Gasteiger partial charge on any atom is -0.461 e. The summed E-state index contributed by atoms with van der Waals surface area (Å²) >= 11 is 3.11. The largest absolute Gasteiger partial charge is 0.461 e. The highest BCUT2D eigenvalue weighted by molar-refractivity contribution is 7.99. The van der Waals surface area contributed by atoms with Crippen LogP contribution in [0, 0.1) is 17.0 Å². The number of ether oxygens (including phenoxy) is 2. The molecule has 38 heavy (non-hydrogen) atoms. The van der Waals surface area contributed by atoms with Crippen LogP contribution >= 0.6 is 23.5 Å². The SMILES string of the molecule is CCCCC1(CCCC)CSc2cc(O/C=C(\F)C(=O)OCC)c(SC)cc2N(c2ccc(F)c(F)c2)C1. The average Bonchev–Trinajstić information content (AvgIpc) is 3.07. The summed E-state index contributed by atoms with van der Waals surface area (Å²) in [5, 5.41) is 0. The molecule has 2 aromatic carbocycles. The fraction of sp³-hybridized carbons (Fsp3) is 0.483. The molecule has 9 heteroatoms. The highest BCUT2D eigenvalue weighted by Crippen LogP contribution is 2.50.